The molecule has 0 bridgehead atoms. The molecule has 0 aromatic carbocycles. The van der Waals surface area contributed by atoms with Gasteiger partial charge in [-0.1, -0.05) is 11.8 Å². The Hall–Kier alpha value is -1.53. The third-order valence-corrected chi connectivity index (χ3v) is 5.03. The van der Waals surface area contributed by atoms with Gasteiger partial charge in [-0.2, -0.15) is 0 Å². The zero-order valence-electron chi connectivity index (χ0n) is 13.3. The molecule has 3 aliphatic rings. The summed E-state index contributed by atoms with van der Waals surface area (Å²) in [7, 11) is 1.29. The van der Waals surface area contributed by atoms with Gasteiger partial charge in [-0.3, -0.25) is 15.4 Å². The summed E-state index contributed by atoms with van der Waals surface area (Å²) >= 11 is 1.40. The van der Waals surface area contributed by atoms with Crippen molar-refractivity contribution in [1.82, 2.24) is 21.3 Å². The van der Waals surface area contributed by atoms with Crippen LogP contribution in [0, 0.1) is 0 Å². The number of nitrogens with zero attached hydrogens (tertiary/aromatic N) is 2. The van der Waals surface area contributed by atoms with Crippen molar-refractivity contribution < 1.29 is 24.5 Å². The summed E-state index contributed by atoms with van der Waals surface area (Å²) in [6.45, 7) is 2.78. The van der Waals surface area contributed by atoms with E-state index in [1.54, 1.807) is 5.01 Å². The molecule has 0 unspecified atom stereocenters. The number of carbonyl (C=O) groups excluding carboxylic acids is 1. The molecule has 134 valence electrons. The summed E-state index contributed by atoms with van der Waals surface area (Å²) in [6.07, 6.45) is -1.17. The standard InChI is InChI=1S/C13H21N5O5S/c1-3-14-13-15-8-10(20)9(19)7(23-12(8)24-13)5-18-4-6(16-17-18)11(21)22-2/h4,7-10,12,16-17,19-20H,3,5H2,1-2H3,(H,14,15)/t7-,8-,9-,10-,12-/m1/s1. The van der Waals surface area contributed by atoms with E-state index in [0.717, 1.165) is 0 Å². The zero-order chi connectivity index (χ0) is 17.3. The number of ether oxygens (including phenoxy) is 2. The molecule has 3 rings (SSSR count). The molecule has 3 aliphatic heterocycles. The molecule has 0 saturated carbocycles. The number of esters is 1. The van der Waals surface area contributed by atoms with Crippen LogP contribution in [0.3, 0.4) is 0 Å². The average molecular weight is 359 g/mol. The molecule has 0 spiro atoms. The van der Waals surface area contributed by atoms with Crippen molar-refractivity contribution in [2.45, 2.75) is 36.7 Å². The molecular formula is C13H21N5O5S. The SMILES string of the molecule is CCN=C1N[C@@H]2[C@@H](O)[C@H](O)[C@@H](CN3C=C(C(=O)OC)NN3)O[C@@H]2S1. The van der Waals surface area contributed by atoms with Crippen molar-refractivity contribution in [3.63, 3.8) is 0 Å². The van der Waals surface area contributed by atoms with E-state index >= 15 is 0 Å². The first kappa shape index (κ1) is 17.3. The summed E-state index contributed by atoms with van der Waals surface area (Å²) in [5.74, 6) is -0.508. The minimum atomic E-state index is -1.07. The Kier molecular flexibility index (Phi) is 5.15. The second-order valence-corrected chi connectivity index (χ2v) is 6.60. The second-order valence-electron chi connectivity index (χ2n) is 5.52. The predicted molar refractivity (Wildman–Crippen MR) is 86.2 cm³/mol. The fourth-order valence-corrected chi connectivity index (χ4v) is 3.91. The van der Waals surface area contributed by atoms with Crippen molar-refractivity contribution in [1.29, 1.82) is 0 Å². The van der Waals surface area contributed by atoms with E-state index in [1.807, 2.05) is 6.92 Å². The summed E-state index contributed by atoms with van der Waals surface area (Å²) in [6, 6.07) is -0.405. The largest absolute Gasteiger partial charge is 0.464 e. The molecule has 3 heterocycles. The van der Waals surface area contributed by atoms with Crippen molar-refractivity contribution in [2.24, 2.45) is 4.99 Å². The van der Waals surface area contributed by atoms with Crippen molar-refractivity contribution in [2.75, 3.05) is 20.2 Å². The fourth-order valence-electron chi connectivity index (χ4n) is 2.71. The number of methoxy groups -OCH3 is 1. The van der Waals surface area contributed by atoms with Gasteiger partial charge in [-0.25, -0.2) is 4.79 Å². The van der Waals surface area contributed by atoms with Crippen LogP contribution in [0.1, 0.15) is 6.92 Å². The fraction of sp³-hybridized carbons (Fsp3) is 0.692. The van der Waals surface area contributed by atoms with Gasteiger partial charge in [-0.05, 0) is 6.92 Å². The van der Waals surface area contributed by atoms with E-state index < -0.39 is 30.3 Å². The minimum Gasteiger partial charge on any atom is -0.464 e. The van der Waals surface area contributed by atoms with Crippen LogP contribution in [0.5, 0.6) is 0 Å². The van der Waals surface area contributed by atoms with Crippen molar-refractivity contribution >= 4 is 22.9 Å². The van der Waals surface area contributed by atoms with Gasteiger partial charge in [0, 0.05) is 12.7 Å². The third-order valence-electron chi connectivity index (χ3n) is 3.92. The maximum Gasteiger partial charge on any atom is 0.357 e. The number of hydrazine groups is 2. The number of nitrogens with one attached hydrogen (secondary N) is 3. The third kappa shape index (κ3) is 3.30. The smallest absolute Gasteiger partial charge is 0.357 e. The number of hydrogen-bond acceptors (Lipinski definition) is 10. The predicted octanol–water partition coefficient (Wildman–Crippen LogP) is -2.15. The Bertz CT molecular complexity index is 559. The molecule has 2 fully saturated rings. The van der Waals surface area contributed by atoms with E-state index in [-0.39, 0.29) is 17.7 Å². The molecule has 0 amide bonds. The molecule has 0 aromatic rings. The van der Waals surface area contributed by atoms with Crippen LogP contribution < -0.4 is 16.3 Å². The van der Waals surface area contributed by atoms with E-state index in [9.17, 15) is 15.0 Å². The van der Waals surface area contributed by atoms with Gasteiger partial charge in [0.15, 0.2) is 10.9 Å². The van der Waals surface area contributed by atoms with E-state index in [2.05, 4.69) is 26.0 Å². The molecule has 11 heteroatoms. The molecule has 24 heavy (non-hydrogen) atoms. The summed E-state index contributed by atoms with van der Waals surface area (Å²) < 4.78 is 10.5. The van der Waals surface area contributed by atoms with Crippen molar-refractivity contribution in [3.05, 3.63) is 11.9 Å². The first-order valence-corrected chi connectivity index (χ1v) is 8.49. The lowest BCUT2D eigenvalue weighted by atomic mass is 9.98. The lowest BCUT2D eigenvalue weighted by molar-refractivity contribution is -0.161. The van der Waals surface area contributed by atoms with Gasteiger partial charge in [0.1, 0.15) is 23.7 Å². The molecular weight excluding hydrogens is 338 g/mol. The highest BCUT2D eigenvalue weighted by Gasteiger charge is 2.49. The molecule has 10 nitrogen and oxygen atoms in total. The number of aliphatic hydroxyl groups excluding tert-OH is 2. The van der Waals surface area contributed by atoms with Gasteiger partial charge >= 0.3 is 5.97 Å². The number of carbonyl (C=O) groups is 1. The maximum absolute atomic E-state index is 11.5. The highest BCUT2D eigenvalue weighted by atomic mass is 32.2. The van der Waals surface area contributed by atoms with Crippen molar-refractivity contribution in [3.8, 4) is 0 Å². The number of fused-ring (bicyclic) bond motifs is 1. The molecule has 0 aliphatic carbocycles. The normalized spacial score (nSPS) is 36.8. The van der Waals surface area contributed by atoms with E-state index in [1.165, 1.54) is 25.1 Å². The Balaban J connectivity index is 1.64. The first-order valence-electron chi connectivity index (χ1n) is 7.61. The van der Waals surface area contributed by atoms with Gasteiger partial charge in [0.25, 0.3) is 0 Å². The minimum absolute atomic E-state index is 0.232. The highest BCUT2D eigenvalue weighted by molar-refractivity contribution is 8.14. The monoisotopic (exact) mass is 359 g/mol. The van der Waals surface area contributed by atoms with Crippen LogP contribution in [-0.2, 0) is 14.3 Å². The second kappa shape index (κ2) is 7.15. The average Bonchev–Trinajstić information content (AvgIpc) is 3.19. The van der Waals surface area contributed by atoms with E-state index in [0.29, 0.717) is 11.7 Å². The first-order chi connectivity index (χ1) is 11.5. The number of amidine groups is 1. The lowest BCUT2D eigenvalue weighted by Gasteiger charge is -2.40. The van der Waals surface area contributed by atoms with Crippen LogP contribution in [0.2, 0.25) is 0 Å². The topological polar surface area (TPSA) is 128 Å². The van der Waals surface area contributed by atoms with Crippen LogP contribution in [0.4, 0.5) is 0 Å². The number of aliphatic imine (C=N–C) groups is 1. The van der Waals surface area contributed by atoms with Crippen LogP contribution in [0.15, 0.2) is 16.9 Å². The van der Waals surface area contributed by atoms with E-state index in [4.69, 9.17) is 4.74 Å². The number of thioether (sulfide) groups is 1. The summed E-state index contributed by atoms with van der Waals surface area (Å²) in [5.41, 5.74) is 5.34. The number of hydrogen-bond donors (Lipinski definition) is 5. The Morgan fingerprint density at radius 1 is 1.50 bits per heavy atom. The molecule has 0 aromatic heterocycles. The van der Waals surface area contributed by atoms with Crippen LogP contribution in [0.25, 0.3) is 0 Å². The number of aliphatic hydroxyl groups is 2. The quantitative estimate of drug-likeness (QED) is 0.355. The Morgan fingerprint density at radius 3 is 3.00 bits per heavy atom. The van der Waals surface area contributed by atoms with Gasteiger partial charge in [-0.15, -0.1) is 5.53 Å². The lowest BCUT2D eigenvalue weighted by Crippen LogP contribution is -2.61. The summed E-state index contributed by atoms with van der Waals surface area (Å²) in [4.78, 5) is 15.7. The van der Waals surface area contributed by atoms with Gasteiger partial charge in [0.05, 0.1) is 19.7 Å². The number of rotatable bonds is 4. The summed E-state index contributed by atoms with van der Waals surface area (Å²) in [5, 5.41) is 26.0. The molecule has 0 radical (unpaired) electrons. The Labute approximate surface area is 143 Å². The van der Waals surface area contributed by atoms with Crippen LogP contribution >= 0.6 is 11.8 Å². The molecule has 5 atom stereocenters. The van der Waals surface area contributed by atoms with Crippen LogP contribution in [-0.4, -0.2) is 76.3 Å². The van der Waals surface area contributed by atoms with Gasteiger partial charge < -0.3 is 25.0 Å². The maximum atomic E-state index is 11.5. The molecule has 2 saturated heterocycles. The van der Waals surface area contributed by atoms with Gasteiger partial charge in [0.2, 0.25) is 0 Å². The Morgan fingerprint density at radius 2 is 2.29 bits per heavy atom. The highest BCUT2D eigenvalue weighted by Crippen LogP contribution is 2.34. The molecule has 5 N–H and O–H groups in total. The zero-order valence-corrected chi connectivity index (χ0v) is 14.1.